The molecule has 0 spiro atoms. The zero-order valence-electron chi connectivity index (χ0n) is 9.57. The molecule has 0 fully saturated rings. The van der Waals surface area contributed by atoms with Crippen LogP contribution in [-0.2, 0) is 5.54 Å². The first-order valence-corrected chi connectivity index (χ1v) is 5.82. The van der Waals surface area contributed by atoms with Crippen molar-refractivity contribution in [1.82, 2.24) is 5.32 Å². The van der Waals surface area contributed by atoms with E-state index in [2.05, 4.69) is 33.0 Å². The first kappa shape index (κ1) is 12.8. The van der Waals surface area contributed by atoms with E-state index in [1.54, 1.807) is 0 Å². The molecule has 0 saturated carbocycles. The highest BCUT2D eigenvalue weighted by Crippen LogP contribution is 2.34. The van der Waals surface area contributed by atoms with E-state index in [1.807, 2.05) is 18.2 Å². The molecule has 0 bridgehead atoms. The molecular weight excluding hydrogens is 229 g/mol. The van der Waals surface area contributed by atoms with Crippen molar-refractivity contribution in [1.29, 1.82) is 0 Å². The van der Waals surface area contributed by atoms with Crippen LogP contribution in [0.3, 0.4) is 0 Å². The van der Waals surface area contributed by atoms with Gasteiger partial charge in [0.2, 0.25) is 0 Å². The number of benzene rings is 1. The Morgan fingerprint density at radius 3 is 2.00 bits per heavy atom. The minimum atomic E-state index is -0.219. The summed E-state index contributed by atoms with van der Waals surface area (Å²) in [5.41, 5.74) is 0.742. The zero-order valence-corrected chi connectivity index (χ0v) is 11.1. The Hall–Kier alpha value is -0.240. The van der Waals surface area contributed by atoms with Crippen LogP contribution in [0.5, 0.6) is 0 Å². The predicted octanol–water partition coefficient (Wildman–Crippen LogP) is 4.23. The van der Waals surface area contributed by atoms with E-state index < -0.39 is 0 Å². The zero-order chi connectivity index (χ0) is 11.6. The van der Waals surface area contributed by atoms with Crippen LogP contribution in [0.25, 0.3) is 0 Å². The molecule has 0 aliphatic carbocycles. The third-order valence-corrected chi connectivity index (χ3v) is 2.87. The molecule has 1 aromatic rings. The van der Waals surface area contributed by atoms with Crippen LogP contribution in [0, 0.1) is 0 Å². The van der Waals surface area contributed by atoms with E-state index in [4.69, 9.17) is 23.2 Å². The molecule has 0 saturated heterocycles. The maximum absolute atomic E-state index is 6.17. The second kappa shape index (κ2) is 4.73. The number of rotatable bonds is 3. The molecule has 0 aliphatic rings. The van der Waals surface area contributed by atoms with Crippen molar-refractivity contribution in [3.63, 3.8) is 0 Å². The molecule has 1 N–H and O–H groups in total. The van der Waals surface area contributed by atoms with Crippen LogP contribution in [0.1, 0.15) is 33.3 Å². The largest absolute Gasteiger partial charge is 0.305 e. The maximum Gasteiger partial charge on any atom is 0.0471 e. The van der Waals surface area contributed by atoms with Gasteiger partial charge in [-0.1, -0.05) is 43.1 Å². The van der Waals surface area contributed by atoms with Crippen LogP contribution in [0.15, 0.2) is 18.2 Å². The molecule has 84 valence electrons. The van der Waals surface area contributed by atoms with Crippen molar-refractivity contribution in [2.24, 2.45) is 0 Å². The quantitative estimate of drug-likeness (QED) is 0.841. The summed E-state index contributed by atoms with van der Waals surface area (Å²) in [4.78, 5) is 0. The molecule has 0 heterocycles. The lowest BCUT2D eigenvalue weighted by Gasteiger charge is -2.31. The summed E-state index contributed by atoms with van der Waals surface area (Å²) in [7, 11) is 0. The Morgan fingerprint density at radius 2 is 1.60 bits per heavy atom. The summed E-state index contributed by atoms with van der Waals surface area (Å²) >= 11 is 12.3. The normalized spacial score (nSPS) is 12.2. The molecule has 0 amide bonds. The van der Waals surface area contributed by atoms with Gasteiger partial charge in [-0.3, -0.25) is 0 Å². The molecule has 15 heavy (non-hydrogen) atoms. The fourth-order valence-corrected chi connectivity index (χ4v) is 2.76. The molecule has 0 radical (unpaired) electrons. The molecule has 1 rings (SSSR count). The van der Waals surface area contributed by atoms with Crippen LogP contribution in [0.4, 0.5) is 0 Å². The fourth-order valence-electron chi connectivity index (χ4n) is 1.89. The van der Waals surface area contributed by atoms with E-state index >= 15 is 0 Å². The summed E-state index contributed by atoms with van der Waals surface area (Å²) in [6.07, 6.45) is 0. The average Bonchev–Trinajstić information content (AvgIpc) is 1.99. The smallest absolute Gasteiger partial charge is 0.0471 e. The summed E-state index contributed by atoms with van der Waals surface area (Å²) < 4.78 is 0. The van der Waals surface area contributed by atoms with Crippen molar-refractivity contribution in [2.45, 2.75) is 39.3 Å². The number of hydrogen-bond donors (Lipinski definition) is 1. The minimum Gasteiger partial charge on any atom is -0.305 e. The maximum atomic E-state index is 6.17. The van der Waals surface area contributed by atoms with Gasteiger partial charge in [0.05, 0.1) is 0 Å². The van der Waals surface area contributed by atoms with E-state index in [0.717, 1.165) is 5.56 Å². The SMILES string of the molecule is CC(C)NC(C)(C)c1c(Cl)cccc1Cl. The standard InChI is InChI=1S/C12H17Cl2N/c1-8(2)15-12(3,4)11-9(13)6-5-7-10(11)14/h5-8,15H,1-4H3. The van der Waals surface area contributed by atoms with Gasteiger partial charge in [-0.25, -0.2) is 0 Å². The van der Waals surface area contributed by atoms with Gasteiger partial charge in [-0.2, -0.15) is 0 Å². The first-order chi connectivity index (χ1) is 6.84. The van der Waals surface area contributed by atoms with E-state index in [-0.39, 0.29) is 5.54 Å². The highest BCUT2D eigenvalue weighted by Gasteiger charge is 2.25. The van der Waals surface area contributed by atoms with Gasteiger partial charge >= 0.3 is 0 Å². The van der Waals surface area contributed by atoms with E-state index in [9.17, 15) is 0 Å². The summed E-state index contributed by atoms with van der Waals surface area (Å²) in [6, 6.07) is 5.98. The predicted molar refractivity (Wildman–Crippen MR) is 67.8 cm³/mol. The summed E-state index contributed by atoms with van der Waals surface area (Å²) in [5, 5.41) is 4.87. The third-order valence-electron chi connectivity index (χ3n) is 2.24. The minimum absolute atomic E-state index is 0.219. The fraction of sp³-hybridized carbons (Fsp3) is 0.500. The van der Waals surface area contributed by atoms with Gasteiger partial charge in [0.15, 0.2) is 0 Å². The van der Waals surface area contributed by atoms with E-state index in [1.165, 1.54) is 0 Å². The summed E-state index contributed by atoms with van der Waals surface area (Å²) in [6.45, 7) is 8.37. The summed E-state index contributed by atoms with van der Waals surface area (Å²) in [5.74, 6) is 0. The molecule has 0 unspecified atom stereocenters. The van der Waals surface area contributed by atoms with Gasteiger partial charge in [0.25, 0.3) is 0 Å². The lowest BCUT2D eigenvalue weighted by Crippen LogP contribution is -2.41. The van der Waals surface area contributed by atoms with Crippen molar-refractivity contribution in [2.75, 3.05) is 0 Å². The molecule has 1 aromatic carbocycles. The molecule has 0 atom stereocenters. The monoisotopic (exact) mass is 245 g/mol. The number of halogens is 2. The lowest BCUT2D eigenvalue weighted by molar-refractivity contribution is 0.366. The van der Waals surface area contributed by atoms with Gasteiger partial charge in [0.1, 0.15) is 0 Å². The highest BCUT2D eigenvalue weighted by atomic mass is 35.5. The van der Waals surface area contributed by atoms with Gasteiger partial charge in [-0.05, 0) is 26.0 Å². The molecule has 0 aromatic heterocycles. The Labute approximate surface area is 102 Å². The number of nitrogens with one attached hydrogen (secondary N) is 1. The molecule has 0 aliphatic heterocycles. The third kappa shape index (κ3) is 3.10. The van der Waals surface area contributed by atoms with Crippen LogP contribution in [-0.4, -0.2) is 6.04 Å². The van der Waals surface area contributed by atoms with Crippen molar-refractivity contribution in [3.05, 3.63) is 33.8 Å². The van der Waals surface area contributed by atoms with Crippen molar-refractivity contribution < 1.29 is 0 Å². The number of hydrogen-bond acceptors (Lipinski definition) is 1. The van der Waals surface area contributed by atoms with Gasteiger partial charge in [0, 0.05) is 27.2 Å². The average molecular weight is 246 g/mol. The van der Waals surface area contributed by atoms with Crippen molar-refractivity contribution in [3.8, 4) is 0 Å². The Bertz CT molecular complexity index is 325. The first-order valence-electron chi connectivity index (χ1n) is 5.07. The van der Waals surface area contributed by atoms with Crippen LogP contribution >= 0.6 is 23.2 Å². The van der Waals surface area contributed by atoms with Gasteiger partial charge in [-0.15, -0.1) is 0 Å². The van der Waals surface area contributed by atoms with Crippen LogP contribution < -0.4 is 5.32 Å². The Morgan fingerprint density at radius 1 is 1.13 bits per heavy atom. The van der Waals surface area contributed by atoms with Gasteiger partial charge < -0.3 is 5.32 Å². The van der Waals surface area contributed by atoms with Crippen molar-refractivity contribution >= 4 is 23.2 Å². The highest BCUT2D eigenvalue weighted by molar-refractivity contribution is 6.36. The van der Waals surface area contributed by atoms with Crippen LogP contribution in [0.2, 0.25) is 10.0 Å². The topological polar surface area (TPSA) is 12.0 Å². The van der Waals surface area contributed by atoms with E-state index in [0.29, 0.717) is 16.1 Å². The molecule has 1 nitrogen and oxygen atoms in total. The Balaban J connectivity index is 3.14. The Kier molecular flexibility index (Phi) is 4.05. The molecule has 3 heteroatoms. The second-order valence-electron chi connectivity index (χ2n) is 4.52. The molecular formula is C12H17Cl2N. The lowest BCUT2D eigenvalue weighted by atomic mass is 9.93. The second-order valence-corrected chi connectivity index (χ2v) is 5.34.